The van der Waals surface area contributed by atoms with Crippen LogP contribution in [0.5, 0.6) is 11.5 Å². The van der Waals surface area contributed by atoms with Crippen molar-refractivity contribution < 1.29 is 13.9 Å². The molecule has 3 nitrogen and oxygen atoms in total. The fraction of sp³-hybridized carbons (Fsp3) is 0.538. The number of halogens is 1. The number of rotatable bonds is 1. The molecule has 1 aromatic carbocycles. The number of benzene rings is 1. The van der Waals surface area contributed by atoms with Crippen LogP contribution in [-0.4, -0.2) is 19.8 Å². The maximum absolute atomic E-state index is 13.9. The molecule has 1 saturated heterocycles. The third-order valence-corrected chi connectivity index (χ3v) is 3.33. The lowest BCUT2D eigenvalue weighted by molar-refractivity contribution is 0.164. The summed E-state index contributed by atoms with van der Waals surface area (Å²) in [6.07, 6.45) is 3.44. The maximum atomic E-state index is 13.9. The molecule has 17 heavy (non-hydrogen) atoms. The van der Waals surface area contributed by atoms with Crippen LogP contribution >= 0.6 is 0 Å². The van der Waals surface area contributed by atoms with Gasteiger partial charge in [0.15, 0.2) is 17.3 Å². The molecule has 1 atom stereocenters. The molecule has 0 bridgehead atoms. The van der Waals surface area contributed by atoms with Gasteiger partial charge in [0.25, 0.3) is 0 Å². The van der Waals surface area contributed by atoms with E-state index in [1.807, 2.05) is 6.07 Å². The second-order valence-corrected chi connectivity index (χ2v) is 4.53. The highest BCUT2D eigenvalue weighted by Crippen LogP contribution is 2.37. The van der Waals surface area contributed by atoms with Crippen LogP contribution in [0.15, 0.2) is 12.1 Å². The van der Waals surface area contributed by atoms with Gasteiger partial charge in [-0.05, 0) is 37.1 Å². The summed E-state index contributed by atoms with van der Waals surface area (Å²) in [6.45, 7) is 1.92. The molecule has 0 amide bonds. The zero-order chi connectivity index (χ0) is 11.7. The summed E-state index contributed by atoms with van der Waals surface area (Å²) in [7, 11) is 0. The van der Waals surface area contributed by atoms with Crippen molar-refractivity contribution >= 4 is 0 Å². The Kier molecular flexibility index (Phi) is 2.89. The molecule has 1 N–H and O–H groups in total. The topological polar surface area (TPSA) is 30.5 Å². The molecule has 2 aliphatic rings. The van der Waals surface area contributed by atoms with E-state index in [-0.39, 0.29) is 17.6 Å². The molecular weight excluding hydrogens is 221 g/mol. The molecule has 2 heterocycles. The lowest BCUT2D eigenvalue weighted by atomic mass is 9.97. The van der Waals surface area contributed by atoms with Gasteiger partial charge in [-0.25, -0.2) is 4.39 Å². The second kappa shape index (κ2) is 4.53. The van der Waals surface area contributed by atoms with Gasteiger partial charge >= 0.3 is 0 Å². The van der Waals surface area contributed by atoms with Crippen LogP contribution in [0.25, 0.3) is 0 Å². The first-order valence-corrected chi connectivity index (χ1v) is 6.17. The van der Waals surface area contributed by atoms with Crippen molar-refractivity contribution in [1.82, 2.24) is 5.32 Å². The fourth-order valence-corrected chi connectivity index (χ4v) is 2.47. The zero-order valence-corrected chi connectivity index (χ0v) is 9.67. The average molecular weight is 237 g/mol. The highest BCUT2D eigenvalue weighted by molar-refractivity contribution is 5.46. The molecular formula is C13H16FNO2. The Bertz CT molecular complexity index is 416. The van der Waals surface area contributed by atoms with Crippen LogP contribution in [-0.2, 0) is 0 Å². The molecule has 4 heteroatoms. The van der Waals surface area contributed by atoms with E-state index < -0.39 is 0 Å². The SMILES string of the molecule is Fc1cc(C2CCCCN2)cc2c1OCCO2. The first kappa shape index (κ1) is 10.8. The van der Waals surface area contributed by atoms with E-state index >= 15 is 0 Å². The van der Waals surface area contributed by atoms with Crippen molar-refractivity contribution in [3.8, 4) is 11.5 Å². The summed E-state index contributed by atoms with van der Waals surface area (Å²) in [5.41, 5.74) is 0.964. The number of ether oxygens (including phenoxy) is 2. The number of nitrogens with one attached hydrogen (secondary N) is 1. The smallest absolute Gasteiger partial charge is 0.197 e. The molecule has 2 aliphatic heterocycles. The van der Waals surface area contributed by atoms with Gasteiger partial charge in [-0.2, -0.15) is 0 Å². The Morgan fingerprint density at radius 2 is 2.06 bits per heavy atom. The highest BCUT2D eigenvalue weighted by Gasteiger charge is 2.22. The van der Waals surface area contributed by atoms with Crippen LogP contribution in [0, 0.1) is 5.82 Å². The predicted octanol–water partition coefficient (Wildman–Crippen LogP) is 2.41. The third kappa shape index (κ3) is 2.09. The van der Waals surface area contributed by atoms with Crippen LogP contribution in [0.2, 0.25) is 0 Å². The normalized spacial score (nSPS) is 23.5. The van der Waals surface area contributed by atoms with Crippen LogP contribution in [0.1, 0.15) is 30.9 Å². The quantitative estimate of drug-likeness (QED) is 0.813. The first-order valence-electron chi connectivity index (χ1n) is 6.17. The van der Waals surface area contributed by atoms with Gasteiger partial charge in [0.2, 0.25) is 0 Å². The first-order chi connectivity index (χ1) is 8.34. The summed E-state index contributed by atoms with van der Waals surface area (Å²) in [6, 6.07) is 3.71. The second-order valence-electron chi connectivity index (χ2n) is 4.53. The Hall–Kier alpha value is -1.29. The van der Waals surface area contributed by atoms with E-state index in [1.54, 1.807) is 6.07 Å². The molecule has 1 unspecified atom stereocenters. The van der Waals surface area contributed by atoms with Gasteiger partial charge in [-0.15, -0.1) is 0 Å². The minimum absolute atomic E-state index is 0.245. The van der Waals surface area contributed by atoms with Crippen LogP contribution < -0.4 is 14.8 Å². The predicted molar refractivity (Wildman–Crippen MR) is 62.0 cm³/mol. The third-order valence-electron chi connectivity index (χ3n) is 3.33. The minimum Gasteiger partial charge on any atom is -0.486 e. The molecule has 0 radical (unpaired) electrons. The Morgan fingerprint density at radius 3 is 2.88 bits per heavy atom. The molecule has 1 fully saturated rings. The lowest BCUT2D eigenvalue weighted by Gasteiger charge is -2.26. The van der Waals surface area contributed by atoms with Crippen molar-refractivity contribution in [1.29, 1.82) is 0 Å². The van der Waals surface area contributed by atoms with E-state index in [0.717, 1.165) is 18.5 Å². The summed E-state index contributed by atoms with van der Waals surface area (Å²) >= 11 is 0. The number of hydrogen-bond acceptors (Lipinski definition) is 3. The lowest BCUT2D eigenvalue weighted by Crippen LogP contribution is -2.27. The largest absolute Gasteiger partial charge is 0.486 e. The van der Waals surface area contributed by atoms with E-state index in [0.29, 0.717) is 19.0 Å². The van der Waals surface area contributed by atoms with Crippen molar-refractivity contribution in [2.75, 3.05) is 19.8 Å². The van der Waals surface area contributed by atoms with Gasteiger partial charge in [0.05, 0.1) is 0 Å². The molecule has 0 aromatic heterocycles. The summed E-state index contributed by atoms with van der Waals surface area (Å²) < 4.78 is 24.6. The fourth-order valence-electron chi connectivity index (χ4n) is 2.47. The van der Waals surface area contributed by atoms with Gasteiger partial charge in [-0.1, -0.05) is 6.42 Å². The van der Waals surface area contributed by atoms with E-state index in [2.05, 4.69) is 5.32 Å². The molecule has 1 aromatic rings. The monoisotopic (exact) mass is 237 g/mol. The maximum Gasteiger partial charge on any atom is 0.197 e. The van der Waals surface area contributed by atoms with Crippen molar-refractivity contribution in [2.45, 2.75) is 25.3 Å². The number of piperidine rings is 1. The number of hydrogen-bond donors (Lipinski definition) is 1. The minimum atomic E-state index is -0.315. The van der Waals surface area contributed by atoms with Gasteiger partial charge < -0.3 is 14.8 Å². The van der Waals surface area contributed by atoms with Crippen molar-refractivity contribution in [3.05, 3.63) is 23.5 Å². The Labute approximate surface area is 99.9 Å². The molecule has 0 saturated carbocycles. The zero-order valence-electron chi connectivity index (χ0n) is 9.67. The molecule has 3 rings (SSSR count). The van der Waals surface area contributed by atoms with Gasteiger partial charge in [0.1, 0.15) is 13.2 Å². The highest BCUT2D eigenvalue weighted by atomic mass is 19.1. The summed E-state index contributed by atoms with van der Waals surface area (Å²) in [5, 5.41) is 3.41. The van der Waals surface area contributed by atoms with Gasteiger partial charge in [-0.3, -0.25) is 0 Å². The molecule has 0 aliphatic carbocycles. The Morgan fingerprint density at radius 1 is 1.18 bits per heavy atom. The van der Waals surface area contributed by atoms with Crippen molar-refractivity contribution in [2.24, 2.45) is 0 Å². The molecule has 92 valence electrons. The molecule has 0 spiro atoms. The standard InChI is InChI=1S/C13H16FNO2/c14-10-7-9(11-3-1-2-4-15-11)8-12-13(10)17-6-5-16-12/h7-8,11,15H,1-6H2. The average Bonchev–Trinajstić information content (AvgIpc) is 2.40. The number of fused-ring (bicyclic) bond motifs is 1. The van der Waals surface area contributed by atoms with E-state index in [4.69, 9.17) is 9.47 Å². The Balaban J connectivity index is 1.92. The summed E-state index contributed by atoms with van der Waals surface area (Å²) in [5.74, 6) is 0.485. The van der Waals surface area contributed by atoms with E-state index in [9.17, 15) is 4.39 Å². The van der Waals surface area contributed by atoms with Gasteiger partial charge in [0, 0.05) is 6.04 Å². The van der Waals surface area contributed by atoms with Crippen molar-refractivity contribution in [3.63, 3.8) is 0 Å². The van der Waals surface area contributed by atoms with E-state index in [1.165, 1.54) is 12.8 Å². The van der Waals surface area contributed by atoms with Crippen LogP contribution in [0.3, 0.4) is 0 Å². The summed E-state index contributed by atoms with van der Waals surface area (Å²) in [4.78, 5) is 0. The van der Waals surface area contributed by atoms with Crippen LogP contribution in [0.4, 0.5) is 4.39 Å².